The maximum Gasteiger partial charge on any atom is 0.249 e. The van der Waals surface area contributed by atoms with Crippen molar-refractivity contribution in [2.24, 2.45) is 0 Å². The number of imidazole rings is 1. The molecule has 0 fully saturated rings. The highest BCUT2D eigenvalue weighted by atomic mass is 15.1. The fraction of sp³-hybridized carbons (Fsp3) is 0.375. The van der Waals surface area contributed by atoms with E-state index in [2.05, 4.69) is 117 Å². The Labute approximate surface area is 163 Å². The molecule has 27 heavy (non-hydrogen) atoms. The van der Waals surface area contributed by atoms with Crippen molar-refractivity contribution >= 4 is 11.4 Å². The van der Waals surface area contributed by atoms with Gasteiger partial charge in [-0.1, -0.05) is 58.0 Å². The van der Waals surface area contributed by atoms with Crippen LogP contribution in [0.1, 0.15) is 70.5 Å². The van der Waals surface area contributed by atoms with Crippen LogP contribution in [-0.2, 0) is 0 Å². The Kier molecular flexibility index (Phi) is 5.69. The van der Waals surface area contributed by atoms with Gasteiger partial charge in [-0.15, -0.1) is 0 Å². The fourth-order valence-corrected chi connectivity index (χ4v) is 3.45. The highest BCUT2D eigenvalue weighted by Crippen LogP contribution is 2.35. The topological polar surface area (TPSA) is 20.8 Å². The van der Waals surface area contributed by atoms with Gasteiger partial charge in [0.05, 0.1) is 11.7 Å². The molecule has 0 saturated heterocycles. The molecule has 0 amide bonds. The van der Waals surface area contributed by atoms with Crippen molar-refractivity contribution in [2.45, 2.75) is 59.4 Å². The molecule has 1 aromatic heterocycles. The fourth-order valence-electron chi connectivity index (χ4n) is 3.45. The van der Waals surface area contributed by atoms with Gasteiger partial charge in [-0.2, -0.15) is 0 Å². The third-order valence-electron chi connectivity index (χ3n) is 5.07. The quantitative estimate of drug-likeness (QED) is 0.508. The Balaban J connectivity index is 2.07. The van der Waals surface area contributed by atoms with E-state index in [1.807, 2.05) is 0 Å². The number of aromatic nitrogens is 2. The summed E-state index contributed by atoms with van der Waals surface area (Å²) in [4.78, 5) is 0. The molecule has 0 atom stereocenters. The van der Waals surface area contributed by atoms with Crippen molar-refractivity contribution < 1.29 is 4.57 Å². The Hall–Kier alpha value is -2.55. The third kappa shape index (κ3) is 4.08. The summed E-state index contributed by atoms with van der Waals surface area (Å²) in [7, 11) is 0. The Morgan fingerprint density at radius 1 is 0.815 bits per heavy atom. The number of hydrogen-bond donors (Lipinski definition) is 1. The molecule has 0 bridgehead atoms. The molecule has 0 aliphatic heterocycles. The van der Waals surface area contributed by atoms with Crippen LogP contribution in [0.15, 0.2) is 61.2 Å². The maximum absolute atomic E-state index is 3.78. The number of para-hydroxylation sites is 3. The zero-order valence-electron chi connectivity index (χ0n) is 17.4. The number of rotatable bonds is 6. The minimum absolute atomic E-state index is 0.445. The van der Waals surface area contributed by atoms with Gasteiger partial charge in [0.2, 0.25) is 6.33 Å². The van der Waals surface area contributed by atoms with Gasteiger partial charge in [-0.05, 0) is 48.9 Å². The molecule has 0 radical (unpaired) electrons. The molecule has 1 N–H and O–H groups in total. The Morgan fingerprint density at radius 2 is 1.44 bits per heavy atom. The highest BCUT2D eigenvalue weighted by molar-refractivity contribution is 5.73. The Morgan fingerprint density at radius 3 is 2.00 bits per heavy atom. The molecule has 0 unspecified atom stereocenters. The summed E-state index contributed by atoms with van der Waals surface area (Å²) in [6.45, 7) is 13.4. The van der Waals surface area contributed by atoms with Gasteiger partial charge in [0.25, 0.3) is 0 Å². The van der Waals surface area contributed by atoms with Crippen molar-refractivity contribution in [3.63, 3.8) is 0 Å². The van der Waals surface area contributed by atoms with Crippen molar-refractivity contribution in [1.29, 1.82) is 0 Å². The largest absolute Gasteiger partial charge is 0.352 e. The summed E-state index contributed by atoms with van der Waals surface area (Å²) >= 11 is 0. The molecular formula is C24H32N3+. The summed E-state index contributed by atoms with van der Waals surface area (Å²) in [6, 6.07) is 15.6. The van der Waals surface area contributed by atoms with Crippen LogP contribution < -0.4 is 9.88 Å². The van der Waals surface area contributed by atoms with Gasteiger partial charge in [-0.25, -0.2) is 9.13 Å². The average molecular weight is 363 g/mol. The molecule has 142 valence electrons. The first kappa shape index (κ1) is 19.2. The maximum atomic E-state index is 3.78. The van der Waals surface area contributed by atoms with E-state index in [4.69, 9.17) is 0 Å². The number of nitrogens with one attached hydrogen (secondary N) is 1. The molecule has 1 heterocycles. The summed E-state index contributed by atoms with van der Waals surface area (Å²) in [6.07, 6.45) is 6.41. The molecule has 2 aromatic carbocycles. The number of hydrogen-bond acceptors (Lipinski definition) is 1. The monoisotopic (exact) mass is 362 g/mol. The minimum atomic E-state index is 0.445. The van der Waals surface area contributed by atoms with E-state index in [-0.39, 0.29) is 0 Å². The summed E-state index contributed by atoms with van der Waals surface area (Å²) in [5.41, 5.74) is 6.25. The van der Waals surface area contributed by atoms with Crippen LogP contribution >= 0.6 is 0 Å². The molecule has 0 spiro atoms. The van der Waals surface area contributed by atoms with Crippen molar-refractivity contribution in [3.8, 4) is 5.69 Å². The first-order valence-corrected chi connectivity index (χ1v) is 9.96. The van der Waals surface area contributed by atoms with Crippen LogP contribution in [0.5, 0.6) is 0 Å². The first-order chi connectivity index (χ1) is 12.9. The van der Waals surface area contributed by atoms with Crippen molar-refractivity contribution in [2.75, 3.05) is 5.32 Å². The van der Waals surface area contributed by atoms with Crippen LogP contribution in [0.25, 0.3) is 5.69 Å². The lowest BCUT2D eigenvalue weighted by Crippen LogP contribution is -2.33. The second-order valence-corrected chi connectivity index (χ2v) is 8.12. The summed E-state index contributed by atoms with van der Waals surface area (Å²) in [5.74, 6) is 0.932. The van der Waals surface area contributed by atoms with E-state index in [0.29, 0.717) is 17.9 Å². The third-order valence-corrected chi connectivity index (χ3v) is 5.07. The van der Waals surface area contributed by atoms with Gasteiger partial charge >= 0.3 is 0 Å². The van der Waals surface area contributed by atoms with E-state index < -0.39 is 0 Å². The summed E-state index contributed by atoms with van der Waals surface area (Å²) in [5, 5.41) is 3.78. The lowest BCUT2D eigenvalue weighted by molar-refractivity contribution is -0.715. The zero-order valence-corrected chi connectivity index (χ0v) is 17.4. The molecule has 3 rings (SSSR count). The summed E-state index contributed by atoms with van der Waals surface area (Å²) < 4.78 is 4.41. The molecular weight excluding hydrogens is 330 g/mol. The number of anilines is 2. The van der Waals surface area contributed by atoms with Gasteiger partial charge in [0.15, 0.2) is 5.69 Å². The van der Waals surface area contributed by atoms with Gasteiger partial charge < -0.3 is 5.32 Å². The van der Waals surface area contributed by atoms with Gasteiger partial charge in [0.1, 0.15) is 12.4 Å². The SMILES string of the molecule is CC(C)c1cccc(C(C)C)c1Nc1ccccc1-n1cc[n+](C(C)C)c1. The number of nitrogens with zero attached hydrogens (tertiary/aromatic N) is 2. The normalized spacial score (nSPS) is 11.6. The highest BCUT2D eigenvalue weighted by Gasteiger charge is 2.17. The molecule has 3 nitrogen and oxygen atoms in total. The Bertz CT molecular complexity index is 877. The minimum Gasteiger partial charge on any atom is -0.352 e. The molecule has 0 aliphatic carbocycles. The van der Waals surface area contributed by atoms with Crippen molar-refractivity contribution in [1.82, 2.24) is 4.57 Å². The molecule has 0 saturated carbocycles. The first-order valence-electron chi connectivity index (χ1n) is 9.96. The lowest BCUT2D eigenvalue weighted by Gasteiger charge is -2.21. The lowest BCUT2D eigenvalue weighted by atomic mass is 9.92. The second-order valence-electron chi connectivity index (χ2n) is 8.12. The smallest absolute Gasteiger partial charge is 0.249 e. The van der Waals surface area contributed by atoms with Crippen molar-refractivity contribution in [3.05, 3.63) is 72.3 Å². The van der Waals surface area contributed by atoms with Crippen LogP contribution in [0.4, 0.5) is 11.4 Å². The standard InChI is InChI=1S/C24H32N3/c1-17(2)20-10-9-11-21(18(3)4)24(20)25-22-12-7-8-13-23(22)27-15-14-26(16-27)19(5)6/h7-19,25H,1-6H3/q+1. The number of benzene rings is 2. The second kappa shape index (κ2) is 7.99. The predicted octanol–water partition coefficient (Wildman–Crippen LogP) is 6.34. The molecule has 0 aliphatic rings. The molecule has 3 aromatic rings. The van der Waals surface area contributed by atoms with Crippen LogP contribution in [0, 0.1) is 0 Å². The van der Waals surface area contributed by atoms with Crippen LogP contribution in [0.3, 0.4) is 0 Å². The van der Waals surface area contributed by atoms with Crippen LogP contribution in [-0.4, -0.2) is 4.57 Å². The van der Waals surface area contributed by atoms with E-state index >= 15 is 0 Å². The van der Waals surface area contributed by atoms with E-state index in [9.17, 15) is 0 Å². The van der Waals surface area contributed by atoms with E-state index in [1.54, 1.807) is 0 Å². The average Bonchev–Trinajstić information content (AvgIpc) is 3.12. The van der Waals surface area contributed by atoms with E-state index in [1.165, 1.54) is 16.8 Å². The van der Waals surface area contributed by atoms with Gasteiger partial charge in [0, 0.05) is 5.69 Å². The predicted molar refractivity (Wildman–Crippen MR) is 114 cm³/mol. The van der Waals surface area contributed by atoms with E-state index in [0.717, 1.165) is 11.4 Å². The van der Waals surface area contributed by atoms with Gasteiger partial charge in [-0.3, -0.25) is 0 Å². The zero-order chi connectivity index (χ0) is 19.6. The molecule has 3 heteroatoms. The van der Waals surface area contributed by atoms with Crippen LogP contribution in [0.2, 0.25) is 0 Å².